The largest absolute Gasteiger partial charge is 0.497 e. The van der Waals surface area contributed by atoms with Crippen LogP contribution in [-0.2, 0) is 9.53 Å². The molecular formula is C27H25N3O5. The van der Waals surface area contributed by atoms with E-state index < -0.39 is 12.0 Å². The number of carbonyl (C=O) groups is 2. The van der Waals surface area contributed by atoms with Gasteiger partial charge in [-0.05, 0) is 37.3 Å². The summed E-state index contributed by atoms with van der Waals surface area (Å²) in [6.45, 7) is 1.76. The number of anilines is 2. The summed E-state index contributed by atoms with van der Waals surface area (Å²) in [7, 11) is 2.86. The molecule has 8 heteroatoms. The number of ether oxygens (including phenoxy) is 3. The molecule has 1 aromatic heterocycles. The molecular weight excluding hydrogens is 446 g/mol. The molecule has 0 fully saturated rings. The summed E-state index contributed by atoms with van der Waals surface area (Å²) in [6, 6.07) is 21.7. The molecule has 4 rings (SSSR count). The van der Waals surface area contributed by atoms with Crippen LogP contribution in [0.5, 0.6) is 11.5 Å². The Bertz CT molecular complexity index is 1370. The molecule has 2 amide bonds. The standard InChI is InChI=1S/C27H25N3O5/c1-17-7-9-18(10-8-17)24-15-25(35-16-26(31)34-3)22-14-20(11-12-23(22)30-24)29-27(32)28-19-5-4-6-21(13-19)33-2/h4-15H,16H2,1-3H3,(H2,28,29,32). The van der Waals surface area contributed by atoms with E-state index in [9.17, 15) is 9.59 Å². The van der Waals surface area contributed by atoms with Crippen LogP contribution in [0.15, 0.2) is 72.8 Å². The Labute approximate surface area is 202 Å². The second kappa shape index (κ2) is 10.6. The third kappa shape index (κ3) is 5.86. The van der Waals surface area contributed by atoms with Gasteiger partial charge >= 0.3 is 12.0 Å². The number of aromatic nitrogens is 1. The maximum absolute atomic E-state index is 12.6. The fourth-order valence-corrected chi connectivity index (χ4v) is 3.45. The molecule has 0 saturated carbocycles. The lowest BCUT2D eigenvalue weighted by Crippen LogP contribution is -2.19. The smallest absolute Gasteiger partial charge is 0.343 e. The predicted molar refractivity (Wildman–Crippen MR) is 135 cm³/mol. The van der Waals surface area contributed by atoms with Crippen LogP contribution in [0.2, 0.25) is 0 Å². The Morgan fingerprint density at radius 1 is 0.886 bits per heavy atom. The molecule has 178 valence electrons. The number of fused-ring (bicyclic) bond motifs is 1. The van der Waals surface area contributed by atoms with Gasteiger partial charge in [0.05, 0.1) is 25.4 Å². The van der Waals surface area contributed by atoms with Gasteiger partial charge in [-0.25, -0.2) is 14.6 Å². The van der Waals surface area contributed by atoms with Crippen LogP contribution in [0.1, 0.15) is 5.56 Å². The molecule has 0 aliphatic carbocycles. The highest BCUT2D eigenvalue weighted by molar-refractivity contribution is 6.01. The van der Waals surface area contributed by atoms with E-state index in [0.717, 1.165) is 11.1 Å². The monoisotopic (exact) mass is 471 g/mol. The molecule has 0 aliphatic heterocycles. The fourth-order valence-electron chi connectivity index (χ4n) is 3.45. The Morgan fingerprint density at radius 3 is 2.34 bits per heavy atom. The van der Waals surface area contributed by atoms with Crippen molar-refractivity contribution in [2.24, 2.45) is 0 Å². The SMILES string of the molecule is COC(=O)COc1cc(-c2ccc(C)cc2)nc2ccc(NC(=O)Nc3cccc(OC)c3)cc12. The number of amides is 2. The molecule has 4 aromatic rings. The van der Waals surface area contributed by atoms with Crippen molar-refractivity contribution >= 4 is 34.3 Å². The highest BCUT2D eigenvalue weighted by Crippen LogP contribution is 2.32. The van der Waals surface area contributed by atoms with Crippen molar-refractivity contribution in [2.45, 2.75) is 6.92 Å². The van der Waals surface area contributed by atoms with Crippen molar-refractivity contribution < 1.29 is 23.8 Å². The lowest BCUT2D eigenvalue weighted by molar-refractivity contribution is -0.142. The zero-order valence-corrected chi connectivity index (χ0v) is 19.6. The van der Waals surface area contributed by atoms with E-state index in [1.807, 2.05) is 31.2 Å². The molecule has 0 atom stereocenters. The average Bonchev–Trinajstić information content (AvgIpc) is 2.87. The average molecular weight is 472 g/mol. The number of urea groups is 1. The molecule has 35 heavy (non-hydrogen) atoms. The molecule has 1 heterocycles. The normalized spacial score (nSPS) is 10.5. The quantitative estimate of drug-likeness (QED) is 0.350. The number of benzene rings is 3. The van der Waals surface area contributed by atoms with Gasteiger partial charge in [0.25, 0.3) is 0 Å². The summed E-state index contributed by atoms with van der Waals surface area (Å²) in [6.07, 6.45) is 0. The van der Waals surface area contributed by atoms with Gasteiger partial charge in [-0.2, -0.15) is 0 Å². The molecule has 3 aromatic carbocycles. The highest BCUT2D eigenvalue weighted by atomic mass is 16.6. The van der Waals surface area contributed by atoms with Gasteiger partial charge < -0.3 is 24.8 Å². The highest BCUT2D eigenvalue weighted by Gasteiger charge is 2.13. The van der Waals surface area contributed by atoms with E-state index in [4.69, 9.17) is 19.2 Å². The Kier molecular flexibility index (Phi) is 7.11. The summed E-state index contributed by atoms with van der Waals surface area (Å²) in [5.74, 6) is 0.586. The Morgan fingerprint density at radius 2 is 1.63 bits per heavy atom. The van der Waals surface area contributed by atoms with Crippen molar-refractivity contribution in [3.63, 3.8) is 0 Å². The summed E-state index contributed by atoms with van der Waals surface area (Å²) in [5.41, 5.74) is 4.54. The number of hydrogen-bond acceptors (Lipinski definition) is 6. The van der Waals surface area contributed by atoms with Crippen LogP contribution in [0, 0.1) is 6.92 Å². The number of aryl methyl sites for hydroxylation is 1. The molecule has 0 bridgehead atoms. The van der Waals surface area contributed by atoms with Crippen molar-refractivity contribution in [1.82, 2.24) is 4.98 Å². The number of hydrogen-bond donors (Lipinski definition) is 2. The first-order valence-corrected chi connectivity index (χ1v) is 10.9. The van der Waals surface area contributed by atoms with Gasteiger partial charge in [0.2, 0.25) is 0 Å². The van der Waals surface area contributed by atoms with Crippen molar-refractivity contribution in [3.05, 3.63) is 78.4 Å². The van der Waals surface area contributed by atoms with Crippen molar-refractivity contribution in [1.29, 1.82) is 0 Å². The zero-order valence-electron chi connectivity index (χ0n) is 19.6. The lowest BCUT2D eigenvalue weighted by Gasteiger charge is -2.13. The second-order valence-corrected chi connectivity index (χ2v) is 7.78. The van der Waals surface area contributed by atoms with E-state index in [2.05, 4.69) is 10.6 Å². The van der Waals surface area contributed by atoms with Crippen LogP contribution in [-0.4, -0.2) is 37.8 Å². The van der Waals surface area contributed by atoms with Gasteiger partial charge in [0.15, 0.2) is 6.61 Å². The zero-order chi connectivity index (χ0) is 24.8. The first-order chi connectivity index (χ1) is 16.9. The number of methoxy groups -OCH3 is 2. The molecule has 0 aliphatic rings. The molecule has 2 N–H and O–H groups in total. The maximum atomic E-state index is 12.6. The van der Waals surface area contributed by atoms with Crippen molar-refractivity contribution in [2.75, 3.05) is 31.5 Å². The van der Waals surface area contributed by atoms with Crippen LogP contribution < -0.4 is 20.1 Å². The number of carbonyl (C=O) groups excluding carboxylic acids is 2. The van der Waals surface area contributed by atoms with Crippen LogP contribution in [0.3, 0.4) is 0 Å². The number of esters is 1. The van der Waals surface area contributed by atoms with Crippen LogP contribution >= 0.6 is 0 Å². The Hall–Kier alpha value is -4.59. The number of rotatable bonds is 7. The van der Waals surface area contributed by atoms with Crippen molar-refractivity contribution in [3.8, 4) is 22.8 Å². The van der Waals surface area contributed by atoms with Gasteiger partial charge in [0.1, 0.15) is 11.5 Å². The van der Waals surface area contributed by atoms with Gasteiger partial charge in [-0.1, -0.05) is 35.9 Å². The molecule has 0 spiro atoms. The summed E-state index contributed by atoms with van der Waals surface area (Å²) in [5, 5.41) is 6.23. The molecule has 8 nitrogen and oxygen atoms in total. The number of pyridine rings is 1. The van der Waals surface area contributed by atoms with Gasteiger partial charge in [-0.3, -0.25) is 0 Å². The third-order valence-corrected chi connectivity index (χ3v) is 5.28. The van der Waals surface area contributed by atoms with E-state index in [-0.39, 0.29) is 6.61 Å². The maximum Gasteiger partial charge on any atom is 0.343 e. The summed E-state index contributed by atoms with van der Waals surface area (Å²) >= 11 is 0. The number of nitrogens with one attached hydrogen (secondary N) is 2. The van der Waals surface area contributed by atoms with E-state index in [1.165, 1.54) is 7.11 Å². The number of nitrogens with zero attached hydrogens (tertiary/aromatic N) is 1. The molecule has 0 radical (unpaired) electrons. The van der Waals surface area contributed by atoms with Crippen LogP contribution in [0.4, 0.5) is 16.2 Å². The Balaban J connectivity index is 1.63. The topological polar surface area (TPSA) is 98.8 Å². The van der Waals surface area contributed by atoms with E-state index in [1.54, 1.807) is 55.6 Å². The second-order valence-electron chi connectivity index (χ2n) is 7.78. The molecule has 0 saturated heterocycles. The lowest BCUT2D eigenvalue weighted by atomic mass is 10.1. The first kappa shape index (κ1) is 23.6. The van der Waals surface area contributed by atoms with Gasteiger partial charge in [-0.15, -0.1) is 0 Å². The fraction of sp³-hybridized carbons (Fsp3) is 0.148. The summed E-state index contributed by atoms with van der Waals surface area (Å²) < 4.78 is 15.7. The third-order valence-electron chi connectivity index (χ3n) is 5.28. The van der Waals surface area contributed by atoms with E-state index >= 15 is 0 Å². The molecule has 0 unspecified atom stereocenters. The van der Waals surface area contributed by atoms with Gasteiger partial charge in [0, 0.05) is 34.5 Å². The predicted octanol–water partition coefficient (Wildman–Crippen LogP) is 5.41. The minimum atomic E-state index is -0.501. The first-order valence-electron chi connectivity index (χ1n) is 10.9. The minimum Gasteiger partial charge on any atom is -0.497 e. The van der Waals surface area contributed by atoms with E-state index in [0.29, 0.717) is 39.5 Å². The summed E-state index contributed by atoms with van der Waals surface area (Å²) in [4.78, 5) is 29.0. The minimum absolute atomic E-state index is 0.253. The van der Waals surface area contributed by atoms with Crippen LogP contribution in [0.25, 0.3) is 22.2 Å².